The van der Waals surface area contributed by atoms with Gasteiger partial charge in [0.1, 0.15) is 17.2 Å². The fourth-order valence-electron chi connectivity index (χ4n) is 4.59. The van der Waals surface area contributed by atoms with E-state index in [0.717, 1.165) is 18.3 Å². The molecular weight excluding hydrogens is 614 g/mol. The topological polar surface area (TPSA) is 166 Å². The van der Waals surface area contributed by atoms with Gasteiger partial charge in [0.15, 0.2) is 11.9 Å². The number of fused-ring (bicyclic) bond motifs is 2. The van der Waals surface area contributed by atoms with E-state index in [1.54, 1.807) is 25.9 Å². The van der Waals surface area contributed by atoms with Gasteiger partial charge in [0.2, 0.25) is 24.1 Å². The summed E-state index contributed by atoms with van der Waals surface area (Å²) in [6.45, 7) is 0.964. The molecule has 44 heavy (non-hydrogen) atoms. The number of hydrogen-bond donors (Lipinski definition) is 2. The molecule has 1 unspecified atom stereocenters. The van der Waals surface area contributed by atoms with Crippen molar-refractivity contribution in [3.63, 3.8) is 0 Å². The maximum absolute atomic E-state index is 14.1. The third-order valence-electron chi connectivity index (χ3n) is 6.77. The van der Waals surface area contributed by atoms with Crippen LogP contribution in [-0.2, 0) is 32.1 Å². The van der Waals surface area contributed by atoms with Crippen LogP contribution >= 0.6 is 12.4 Å². The van der Waals surface area contributed by atoms with Crippen LogP contribution in [0.15, 0.2) is 29.2 Å². The number of carboxylic acid groups (broad SMARTS) is 1. The summed E-state index contributed by atoms with van der Waals surface area (Å²) in [5.74, 6) is -5.30. The lowest BCUT2D eigenvalue weighted by Crippen LogP contribution is -2.49. The summed E-state index contributed by atoms with van der Waals surface area (Å²) in [7, 11) is 3.41. The summed E-state index contributed by atoms with van der Waals surface area (Å²) in [6, 6.07) is 2.46. The second-order valence-corrected chi connectivity index (χ2v) is 10.2. The summed E-state index contributed by atoms with van der Waals surface area (Å²) in [4.78, 5) is 66.6. The first-order valence-electron chi connectivity index (χ1n) is 13.1. The monoisotopic (exact) mass is 644 g/mol. The molecule has 1 saturated heterocycles. The Hall–Kier alpha value is -4.28. The lowest BCUT2D eigenvalue weighted by molar-refractivity contribution is -0.149. The molecule has 3 heterocycles. The maximum atomic E-state index is 14.1. The van der Waals surface area contributed by atoms with Gasteiger partial charge in [-0.05, 0) is 27.1 Å². The standard InChI is InChI=1S/C27H30F2N4O10.ClH/c1-14-12-40-20-11-32-10-17(24(35)30-9-15-4-5-16(28)8-18(15)29)22(34)23(21(32)25(36)33(14)20)41-13-42-27(39)43-19(26(37)38)6-7-31(2)3;/h4-5,8,10,14,19-20H,6-7,9,11-13H2,1-3H3,(H,30,35)(H,37,38);1H/t14-,19?,20+;/m0./s1. The molecule has 0 radical (unpaired) electrons. The van der Waals surface area contributed by atoms with E-state index in [9.17, 15) is 37.9 Å². The minimum Gasteiger partial charge on any atom is -0.479 e. The Morgan fingerprint density at radius 3 is 2.61 bits per heavy atom. The van der Waals surface area contributed by atoms with E-state index in [-0.39, 0.29) is 55.8 Å². The quantitative estimate of drug-likeness (QED) is 0.269. The fourth-order valence-corrected chi connectivity index (χ4v) is 4.59. The van der Waals surface area contributed by atoms with E-state index in [4.69, 9.17) is 18.9 Å². The Morgan fingerprint density at radius 1 is 1.23 bits per heavy atom. The van der Waals surface area contributed by atoms with Crippen LogP contribution in [0.25, 0.3) is 0 Å². The van der Waals surface area contributed by atoms with Crippen molar-refractivity contribution in [2.24, 2.45) is 0 Å². The number of carboxylic acids is 1. The second-order valence-electron chi connectivity index (χ2n) is 10.2. The third-order valence-corrected chi connectivity index (χ3v) is 6.77. The molecule has 0 saturated carbocycles. The van der Waals surface area contributed by atoms with Crippen molar-refractivity contribution in [3.8, 4) is 5.75 Å². The van der Waals surface area contributed by atoms with Gasteiger partial charge >= 0.3 is 12.1 Å². The van der Waals surface area contributed by atoms with Gasteiger partial charge in [-0.15, -0.1) is 12.4 Å². The first-order chi connectivity index (χ1) is 20.4. The number of pyridine rings is 1. The van der Waals surface area contributed by atoms with Gasteiger partial charge in [0, 0.05) is 37.3 Å². The van der Waals surface area contributed by atoms with E-state index in [1.807, 2.05) is 0 Å². The van der Waals surface area contributed by atoms with Crippen molar-refractivity contribution in [2.45, 2.75) is 44.8 Å². The first kappa shape index (κ1) is 34.2. The zero-order valence-electron chi connectivity index (χ0n) is 23.9. The molecule has 3 atom stereocenters. The van der Waals surface area contributed by atoms with Crippen molar-refractivity contribution in [1.29, 1.82) is 0 Å². The Morgan fingerprint density at radius 2 is 1.95 bits per heavy atom. The molecule has 2 aliphatic rings. The van der Waals surface area contributed by atoms with Crippen LogP contribution < -0.4 is 15.5 Å². The van der Waals surface area contributed by atoms with Gasteiger partial charge in [-0.3, -0.25) is 14.4 Å². The highest BCUT2D eigenvalue weighted by Crippen LogP contribution is 2.30. The van der Waals surface area contributed by atoms with Gasteiger partial charge in [-0.2, -0.15) is 0 Å². The minimum atomic E-state index is -1.51. The van der Waals surface area contributed by atoms with Crippen LogP contribution in [0.2, 0.25) is 0 Å². The van der Waals surface area contributed by atoms with Crippen LogP contribution in [0.5, 0.6) is 5.75 Å². The predicted molar refractivity (Wildman–Crippen MR) is 149 cm³/mol. The number of carbonyl (C=O) groups is 4. The summed E-state index contributed by atoms with van der Waals surface area (Å²) >= 11 is 0. The van der Waals surface area contributed by atoms with Crippen molar-refractivity contribution < 1.29 is 52.0 Å². The molecule has 4 rings (SSSR count). The number of nitrogens with zero attached hydrogens (tertiary/aromatic N) is 3. The van der Waals surface area contributed by atoms with E-state index in [1.165, 1.54) is 9.47 Å². The lowest BCUT2D eigenvalue weighted by Gasteiger charge is -2.34. The smallest absolute Gasteiger partial charge is 0.479 e. The number of nitrogens with one attached hydrogen (secondary N) is 1. The number of aromatic nitrogens is 1. The Bertz CT molecular complexity index is 1490. The average molecular weight is 645 g/mol. The van der Waals surface area contributed by atoms with E-state index in [0.29, 0.717) is 12.6 Å². The van der Waals surface area contributed by atoms with Crippen LogP contribution in [0.4, 0.5) is 13.6 Å². The number of halogens is 3. The van der Waals surface area contributed by atoms with Crippen LogP contribution in [0.3, 0.4) is 0 Å². The highest BCUT2D eigenvalue weighted by atomic mass is 35.5. The molecule has 1 fully saturated rings. The molecule has 2 aliphatic heterocycles. The molecule has 2 amide bonds. The highest BCUT2D eigenvalue weighted by Gasteiger charge is 2.43. The Balaban J connectivity index is 0.00000529. The largest absolute Gasteiger partial charge is 0.512 e. The van der Waals surface area contributed by atoms with E-state index in [2.05, 4.69) is 5.32 Å². The third kappa shape index (κ3) is 7.62. The number of rotatable bonds is 11. The van der Waals surface area contributed by atoms with Crippen molar-refractivity contribution in [3.05, 3.63) is 63.1 Å². The second kappa shape index (κ2) is 14.5. The zero-order chi connectivity index (χ0) is 31.4. The van der Waals surface area contributed by atoms with Gasteiger partial charge in [-0.1, -0.05) is 6.07 Å². The Labute approximate surface area is 255 Å². The molecule has 240 valence electrons. The highest BCUT2D eigenvalue weighted by molar-refractivity contribution is 5.99. The van der Waals surface area contributed by atoms with Crippen molar-refractivity contribution in [1.82, 2.24) is 19.7 Å². The first-order valence-corrected chi connectivity index (χ1v) is 13.1. The summed E-state index contributed by atoms with van der Waals surface area (Å²) in [5, 5.41) is 11.7. The molecule has 2 N–H and O–H groups in total. The molecule has 17 heteroatoms. The normalized spacial score (nSPS) is 17.7. The molecule has 0 spiro atoms. The van der Waals surface area contributed by atoms with Crippen LogP contribution in [0, 0.1) is 11.6 Å². The average Bonchev–Trinajstić information content (AvgIpc) is 3.31. The predicted octanol–water partition coefficient (Wildman–Crippen LogP) is 1.57. The van der Waals surface area contributed by atoms with E-state index < -0.39 is 71.4 Å². The molecule has 0 bridgehead atoms. The van der Waals surface area contributed by atoms with Crippen molar-refractivity contribution in [2.75, 3.05) is 34.0 Å². The van der Waals surface area contributed by atoms with E-state index >= 15 is 0 Å². The fraction of sp³-hybridized carbons (Fsp3) is 0.444. The van der Waals surface area contributed by atoms with Gasteiger partial charge in [0.05, 0.1) is 19.2 Å². The zero-order valence-corrected chi connectivity index (χ0v) is 24.7. The molecule has 2 aromatic rings. The maximum Gasteiger partial charge on any atom is 0.512 e. The molecular formula is C27H31ClF2N4O10. The van der Waals surface area contributed by atoms with Crippen LogP contribution in [-0.4, -0.2) is 95.8 Å². The molecule has 14 nitrogen and oxygen atoms in total. The number of benzene rings is 1. The van der Waals surface area contributed by atoms with Crippen molar-refractivity contribution >= 4 is 36.3 Å². The minimum absolute atomic E-state index is 0. The summed E-state index contributed by atoms with van der Waals surface area (Å²) < 4.78 is 49.3. The Kier molecular flexibility index (Phi) is 11.2. The lowest BCUT2D eigenvalue weighted by atomic mass is 10.1. The summed E-state index contributed by atoms with van der Waals surface area (Å²) in [5.41, 5.74) is -1.79. The van der Waals surface area contributed by atoms with Gasteiger partial charge < -0.3 is 43.7 Å². The summed E-state index contributed by atoms with van der Waals surface area (Å²) in [6.07, 6.45) is -2.49. The molecule has 1 aromatic heterocycles. The number of carbonyl (C=O) groups excluding carboxylic acids is 3. The van der Waals surface area contributed by atoms with Gasteiger partial charge in [-0.25, -0.2) is 18.4 Å². The SMILES string of the molecule is C[C@H]1CO[C@@H]2Cn3cc(C(=O)NCc4ccc(F)cc4F)c(=O)c(OCOC(=O)OC(CCN(C)C)C(=O)O)c3C(=O)N12.Cl. The number of amides is 2. The molecule has 1 aromatic carbocycles. The molecule has 0 aliphatic carbocycles. The number of ether oxygens (including phenoxy) is 4. The number of hydrogen-bond acceptors (Lipinski definition) is 10. The number of aliphatic carboxylic acids is 1. The van der Waals surface area contributed by atoms with Crippen LogP contribution in [0.1, 0.15) is 39.8 Å². The van der Waals surface area contributed by atoms with Gasteiger partial charge in [0.25, 0.3) is 11.8 Å².